The number of pyridine rings is 2. The number of anilines is 2. The second-order valence-electron chi connectivity index (χ2n) is 12.1. The first kappa shape index (κ1) is 32.8. The molecule has 1 saturated heterocycles. The van der Waals surface area contributed by atoms with E-state index in [1.54, 1.807) is 18.3 Å². The number of piperazine rings is 1. The minimum absolute atomic E-state index is 0.00468. The fourth-order valence-corrected chi connectivity index (χ4v) is 6.11. The van der Waals surface area contributed by atoms with Gasteiger partial charge in [-0.3, -0.25) is 4.98 Å². The van der Waals surface area contributed by atoms with Crippen molar-refractivity contribution < 1.29 is 18.3 Å². The molecule has 252 valence electrons. The fourth-order valence-electron chi connectivity index (χ4n) is 6.11. The molecule has 0 aliphatic carbocycles. The van der Waals surface area contributed by atoms with Crippen LogP contribution in [0.25, 0.3) is 5.82 Å². The van der Waals surface area contributed by atoms with Crippen LogP contribution >= 0.6 is 0 Å². The lowest BCUT2D eigenvalue weighted by Crippen LogP contribution is -2.48. The molecule has 1 unspecified atom stereocenters. The number of rotatable bonds is 11. The Morgan fingerprint density at radius 2 is 1.54 bits per heavy atom. The van der Waals surface area contributed by atoms with E-state index in [9.17, 15) is 14.3 Å². The van der Waals surface area contributed by atoms with Gasteiger partial charge in [0.2, 0.25) is 0 Å². The summed E-state index contributed by atoms with van der Waals surface area (Å²) in [4.78, 5) is 25.8. The fraction of sp³-hybridized carbons (Fsp3) is 0.406. The Balaban J connectivity index is 1.13. The van der Waals surface area contributed by atoms with Gasteiger partial charge < -0.3 is 14.9 Å². The number of nitrogens with zero attached hydrogens (tertiary/aromatic N) is 11. The molecule has 0 radical (unpaired) electrons. The molecular formula is C32H36F3N11O2. The summed E-state index contributed by atoms with van der Waals surface area (Å²) in [5, 5.41) is 26.3. The number of halogens is 3. The van der Waals surface area contributed by atoms with Crippen molar-refractivity contribution in [2.24, 2.45) is 5.92 Å². The van der Waals surface area contributed by atoms with Gasteiger partial charge in [-0.1, -0.05) is 32.9 Å². The van der Waals surface area contributed by atoms with Gasteiger partial charge in [0, 0.05) is 26.2 Å². The molecular weight excluding hydrogens is 627 g/mol. The summed E-state index contributed by atoms with van der Waals surface area (Å²) >= 11 is 0. The van der Waals surface area contributed by atoms with Crippen molar-refractivity contribution >= 4 is 11.4 Å². The van der Waals surface area contributed by atoms with E-state index in [2.05, 4.69) is 49.3 Å². The highest BCUT2D eigenvalue weighted by Crippen LogP contribution is 2.46. The van der Waals surface area contributed by atoms with Crippen LogP contribution in [0.5, 0.6) is 0 Å². The zero-order chi connectivity index (χ0) is 34.1. The van der Waals surface area contributed by atoms with Crippen LogP contribution < -0.4 is 15.5 Å². The molecule has 6 rings (SSSR count). The van der Waals surface area contributed by atoms with Crippen LogP contribution in [0.3, 0.4) is 0 Å². The van der Waals surface area contributed by atoms with E-state index in [1.165, 1.54) is 27.8 Å². The Kier molecular flexibility index (Phi) is 9.01. The Hall–Kier alpha value is -5.12. The third kappa shape index (κ3) is 6.14. The molecule has 1 aromatic carbocycles. The van der Waals surface area contributed by atoms with Crippen LogP contribution in [0, 0.1) is 11.7 Å². The number of aliphatic hydroxyl groups is 1. The normalized spacial score (nSPS) is 15.9. The van der Waals surface area contributed by atoms with Crippen LogP contribution in [0.4, 0.5) is 24.5 Å². The second kappa shape index (κ2) is 13.2. The summed E-state index contributed by atoms with van der Waals surface area (Å²) in [7, 11) is 0. The molecule has 1 N–H and O–H groups in total. The SMILES string of the molecule is CC[C@@H](C(C)C)n1ncn(-c2ccc(N3CCN(c4ccc(C(F)(F)C(O)(Cn5cnnn5)c5ccc(F)cc5)nc4)CC3)cn2)c1=O. The van der Waals surface area contributed by atoms with E-state index >= 15 is 8.78 Å². The quantitative estimate of drug-likeness (QED) is 0.224. The molecule has 5 heterocycles. The Morgan fingerprint density at radius 1 is 0.896 bits per heavy atom. The molecule has 2 atom stereocenters. The number of aromatic nitrogens is 9. The first-order valence-electron chi connectivity index (χ1n) is 15.7. The summed E-state index contributed by atoms with van der Waals surface area (Å²) in [6.07, 6.45) is 6.49. The summed E-state index contributed by atoms with van der Waals surface area (Å²) in [6, 6.07) is 10.7. The molecule has 0 spiro atoms. The average molecular weight is 664 g/mol. The molecule has 16 heteroatoms. The molecule has 1 aliphatic rings. The van der Waals surface area contributed by atoms with E-state index in [0.29, 0.717) is 37.7 Å². The summed E-state index contributed by atoms with van der Waals surface area (Å²) in [5.41, 5.74) is -2.39. The van der Waals surface area contributed by atoms with E-state index in [-0.39, 0.29) is 23.2 Å². The maximum atomic E-state index is 16.1. The molecule has 5 aromatic rings. The largest absolute Gasteiger partial charge is 0.377 e. The summed E-state index contributed by atoms with van der Waals surface area (Å²) in [6.45, 7) is 7.93. The Labute approximate surface area is 274 Å². The lowest BCUT2D eigenvalue weighted by molar-refractivity contribution is -0.206. The Morgan fingerprint density at radius 3 is 2.06 bits per heavy atom. The molecule has 0 amide bonds. The summed E-state index contributed by atoms with van der Waals surface area (Å²) < 4.78 is 49.8. The minimum Gasteiger partial charge on any atom is -0.377 e. The number of hydrogen-bond donors (Lipinski definition) is 1. The predicted molar refractivity (Wildman–Crippen MR) is 170 cm³/mol. The van der Waals surface area contributed by atoms with Crippen LogP contribution in [-0.4, -0.2) is 75.8 Å². The van der Waals surface area contributed by atoms with E-state index in [4.69, 9.17) is 0 Å². The molecule has 0 saturated carbocycles. The van der Waals surface area contributed by atoms with Crippen LogP contribution in [0.1, 0.15) is 44.5 Å². The van der Waals surface area contributed by atoms with Crippen molar-refractivity contribution in [1.82, 2.24) is 44.5 Å². The van der Waals surface area contributed by atoms with Crippen molar-refractivity contribution in [2.75, 3.05) is 36.0 Å². The van der Waals surface area contributed by atoms with Gasteiger partial charge in [0.1, 0.15) is 30.0 Å². The summed E-state index contributed by atoms with van der Waals surface area (Å²) in [5.74, 6) is -3.78. The van der Waals surface area contributed by atoms with Gasteiger partial charge in [-0.05, 0) is 64.7 Å². The zero-order valence-corrected chi connectivity index (χ0v) is 26.7. The maximum absolute atomic E-state index is 16.1. The smallest absolute Gasteiger partial charge is 0.351 e. The van der Waals surface area contributed by atoms with Gasteiger partial charge in [0.05, 0.1) is 36.4 Å². The van der Waals surface area contributed by atoms with Gasteiger partial charge in [-0.2, -0.15) is 13.9 Å². The number of benzene rings is 1. The van der Waals surface area contributed by atoms with Crippen molar-refractivity contribution in [3.8, 4) is 5.82 Å². The van der Waals surface area contributed by atoms with Gasteiger partial charge in [0.15, 0.2) is 5.60 Å². The van der Waals surface area contributed by atoms with Crippen molar-refractivity contribution in [2.45, 2.75) is 51.3 Å². The first-order chi connectivity index (χ1) is 23.0. The molecule has 1 aliphatic heterocycles. The lowest BCUT2D eigenvalue weighted by Gasteiger charge is -2.38. The molecule has 48 heavy (non-hydrogen) atoms. The molecule has 1 fully saturated rings. The molecule has 13 nitrogen and oxygen atoms in total. The van der Waals surface area contributed by atoms with Crippen molar-refractivity contribution in [3.63, 3.8) is 0 Å². The monoisotopic (exact) mass is 663 g/mol. The topological polar surface area (TPSA) is 136 Å². The second-order valence-corrected chi connectivity index (χ2v) is 12.1. The number of hydrogen-bond acceptors (Lipinski definition) is 10. The third-order valence-electron chi connectivity index (χ3n) is 8.88. The highest BCUT2D eigenvalue weighted by molar-refractivity contribution is 5.51. The predicted octanol–water partition coefficient (Wildman–Crippen LogP) is 3.56. The van der Waals surface area contributed by atoms with Crippen molar-refractivity contribution in [1.29, 1.82) is 0 Å². The minimum atomic E-state index is -3.90. The maximum Gasteiger partial charge on any atom is 0.351 e. The van der Waals surface area contributed by atoms with E-state index < -0.39 is 29.6 Å². The van der Waals surface area contributed by atoms with Crippen LogP contribution in [-0.2, 0) is 18.1 Å². The van der Waals surface area contributed by atoms with Gasteiger partial charge >= 0.3 is 11.6 Å². The lowest BCUT2D eigenvalue weighted by atomic mass is 9.85. The standard InChI is InChI=1S/C32H36F3N11O2/c1-4-27(22(2)3)46-30(47)45(21-39-46)29-12-10-26(18-37-29)43-15-13-42(14-16-43)25-9-11-28(36-17-25)32(34,35)31(48,19-44-20-38-40-41-44)23-5-7-24(33)8-6-23/h5-12,17-18,20-22,27,48H,4,13-16,19H2,1-3H3/t27-,31?/m0/s1. The number of tetrazole rings is 1. The molecule has 4 aromatic heterocycles. The third-order valence-corrected chi connectivity index (χ3v) is 8.88. The average Bonchev–Trinajstić information content (AvgIpc) is 3.75. The molecule has 0 bridgehead atoms. The highest BCUT2D eigenvalue weighted by Gasteiger charge is 2.56. The number of alkyl halides is 2. The van der Waals surface area contributed by atoms with E-state index in [0.717, 1.165) is 47.4 Å². The van der Waals surface area contributed by atoms with Crippen LogP contribution in [0.2, 0.25) is 0 Å². The first-order valence-corrected chi connectivity index (χ1v) is 15.7. The van der Waals surface area contributed by atoms with Gasteiger partial charge in [-0.15, -0.1) is 5.10 Å². The Bertz CT molecular complexity index is 1850. The van der Waals surface area contributed by atoms with Gasteiger partial charge in [-0.25, -0.2) is 28.1 Å². The zero-order valence-electron chi connectivity index (χ0n) is 26.7. The van der Waals surface area contributed by atoms with Crippen LogP contribution in [0.15, 0.2) is 78.4 Å². The highest BCUT2D eigenvalue weighted by atomic mass is 19.3. The van der Waals surface area contributed by atoms with Crippen molar-refractivity contribution in [3.05, 3.63) is 101 Å². The van der Waals surface area contributed by atoms with Gasteiger partial charge in [0.25, 0.3) is 0 Å². The van der Waals surface area contributed by atoms with E-state index in [1.807, 2.05) is 17.9 Å².